The van der Waals surface area contributed by atoms with Gasteiger partial charge in [0.2, 0.25) is 5.91 Å². The molecule has 4 aromatic rings. The maximum Gasteiger partial charge on any atom is 0.255 e. The summed E-state index contributed by atoms with van der Waals surface area (Å²) in [5, 5.41) is 2.87. The third kappa shape index (κ3) is 4.70. The van der Waals surface area contributed by atoms with Crippen LogP contribution in [0.1, 0.15) is 43.4 Å². The maximum atomic E-state index is 13.8. The largest absolute Gasteiger partial charge is 0.324 e. The van der Waals surface area contributed by atoms with E-state index in [4.69, 9.17) is 0 Å². The average molecular weight is 543 g/mol. The highest BCUT2D eigenvalue weighted by Crippen LogP contribution is 2.38. The van der Waals surface area contributed by atoms with Crippen LogP contribution in [0.25, 0.3) is 0 Å². The summed E-state index contributed by atoms with van der Waals surface area (Å²) in [5.74, 6) is -1.27. The number of halogens is 2. The molecule has 1 N–H and O–H groups in total. The lowest BCUT2D eigenvalue weighted by molar-refractivity contribution is -0.117. The van der Waals surface area contributed by atoms with Crippen molar-refractivity contribution in [3.63, 3.8) is 0 Å². The van der Waals surface area contributed by atoms with E-state index in [0.717, 1.165) is 4.47 Å². The summed E-state index contributed by atoms with van der Waals surface area (Å²) in [6.07, 6.45) is 0. The summed E-state index contributed by atoms with van der Waals surface area (Å²) in [6, 6.07) is 26.0. The number of ketones is 1. The molecule has 7 heteroatoms. The lowest BCUT2D eigenvalue weighted by Crippen LogP contribution is -2.39. The van der Waals surface area contributed by atoms with Crippen LogP contribution in [0.15, 0.2) is 102 Å². The van der Waals surface area contributed by atoms with Crippen LogP contribution >= 0.6 is 15.9 Å². The van der Waals surface area contributed by atoms with Crippen molar-refractivity contribution < 1.29 is 18.8 Å². The fourth-order valence-corrected chi connectivity index (χ4v) is 4.74. The Balaban J connectivity index is 1.54. The molecule has 0 bridgehead atoms. The van der Waals surface area contributed by atoms with Crippen LogP contribution in [0.2, 0.25) is 0 Å². The molecule has 1 unspecified atom stereocenters. The van der Waals surface area contributed by atoms with Crippen molar-refractivity contribution in [2.45, 2.75) is 6.04 Å². The summed E-state index contributed by atoms with van der Waals surface area (Å²) >= 11 is 3.48. The molecule has 1 heterocycles. The monoisotopic (exact) mass is 542 g/mol. The van der Waals surface area contributed by atoms with Crippen molar-refractivity contribution in [2.75, 3.05) is 11.9 Å². The molecule has 0 aromatic heterocycles. The Bertz CT molecular complexity index is 1450. The highest BCUT2D eigenvalue weighted by Gasteiger charge is 2.34. The van der Waals surface area contributed by atoms with Gasteiger partial charge in [0.05, 0.1) is 6.04 Å². The Morgan fingerprint density at radius 2 is 1.47 bits per heavy atom. The molecule has 1 aliphatic rings. The Kier molecular flexibility index (Phi) is 6.48. The standard InChI is InChI=1S/C29H20BrFN2O3/c30-22-12-15-25-24(16-22)27(18-10-13-23(31)14-11-18)33(17-26(34)32-25)29(36)21-8-6-20(7-9-21)28(35)19-4-2-1-3-5-19/h1-16,27H,17H2,(H,32,34). The first kappa shape index (κ1) is 23.6. The topological polar surface area (TPSA) is 66.5 Å². The predicted molar refractivity (Wildman–Crippen MR) is 138 cm³/mol. The number of benzene rings is 4. The summed E-state index contributed by atoms with van der Waals surface area (Å²) < 4.78 is 14.5. The zero-order valence-corrected chi connectivity index (χ0v) is 20.5. The molecule has 5 rings (SSSR count). The number of amides is 2. The molecule has 178 valence electrons. The van der Waals surface area contributed by atoms with Crippen LogP contribution in [-0.2, 0) is 4.79 Å². The summed E-state index contributed by atoms with van der Waals surface area (Å²) in [5.41, 5.74) is 3.28. The van der Waals surface area contributed by atoms with Crippen molar-refractivity contribution in [2.24, 2.45) is 0 Å². The van der Waals surface area contributed by atoms with Crippen molar-refractivity contribution in [3.05, 3.63) is 135 Å². The Morgan fingerprint density at radius 3 is 2.17 bits per heavy atom. The van der Waals surface area contributed by atoms with Gasteiger partial charge in [0.25, 0.3) is 5.91 Å². The molecule has 0 spiro atoms. The van der Waals surface area contributed by atoms with E-state index in [-0.39, 0.29) is 24.1 Å². The molecule has 0 saturated carbocycles. The number of fused-ring (bicyclic) bond motifs is 1. The van der Waals surface area contributed by atoms with Crippen LogP contribution < -0.4 is 5.32 Å². The summed E-state index contributed by atoms with van der Waals surface area (Å²) in [7, 11) is 0. The van der Waals surface area contributed by atoms with Crippen LogP contribution in [0.4, 0.5) is 10.1 Å². The minimum atomic E-state index is -0.643. The number of nitrogens with zero attached hydrogens (tertiary/aromatic N) is 1. The first-order chi connectivity index (χ1) is 17.4. The van der Waals surface area contributed by atoms with E-state index in [0.29, 0.717) is 33.5 Å². The molecule has 1 atom stereocenters. The number of rotatable bonds is 4. The molecule has 5 nitrogen and oxygen atoms in total. The quantitative estimate of drug-likeness (QED) is 0.321. The van der Waals surface area contributed by atoms with Crippen molar-refractivity contribution in [3.8, 4) is 0 Å². The van der Waals surface area contributed by atoms with Crippen LogP contribution in [0.5, 0.6) is 0 Å². The third-order valence-electron chi connectivity index (χ3n) is 6.08. The van der Waals surface area contributed by atoms with E-state index in [1.54, 1.807) is 72.8 Å². The number of hydrogen-bond acceptors (Lipinski definition) is 3. The van der Waals surface area contributed by atoms with Gasteiger partial charge in [-0.15, -0.1) is 0 Å². The minimum absolute atomic E-state index is 0.147. The van der Waals surface area contributed by atoms with E-state index in [1.807, 2.05) is 12.1 Å². The van der Waals surface area contributed by atoms with Gasteiger partial charge >= 0.3 is 0 Å². The fourth-order valence-electron chi connectivity index (χ4n) is 4.36. The SMILES string of the molecule is O=C1CN(C(=O)c2ccc(C(=O)c3ccccc3)cc2)C(c2ccc(F)cc2)c2cc(Br)ccc2N1. The zero-order valence-electron chi connectivity index (χ0n) is 18.9. The first-order valence-electron chi connectivity index (χ1n) is 11.3. The Labute approximate surface area is 215 Å². The van der Waals surface area contributed by atoms with E-state index < -0.39 is 11.9 Å². The summed E-state index contributed by atoms with van der Waals surface area (Å²) in [4.78, 5) is 40.8. The molecule has 0 saturated heterocycles. The molecular weight excluding hydrogens is 523 g/mol. The minimum Gasteiger partial charge on any atom is -0.324 e. The van der Waals surface area contributed by atoms with Gasteiger partial charge in [0.15, 0.2) is 5.78 Å². The molecule has 2 amide bonds. The number of carbonyl (C=O) groups excluding carboxylic acids is 3. The molecule has 0 radical (unpaired) electrons. The molecule has 0 aliphatic carbocycles. The number of carbonyl (C=O) groups is 3. The second-order valence-corrected chi connectivity index (χ2v) is 9.36. The van der Waals surface area contributed by atoms with Crippen LogP contribution in [0.3, 0.4) is 0 Å². The molecule has 1 aliphatic heterocycles. The van der Waals surface area contributed by atoms with Gasteiger partial charge in [-0.3, -0.25) is 14.4 Å². The van der Waals surface area contributed by atoms with Crippen molar-refractivity contribution in [1.29, 1.82) is 0 Å². The van der Waals surface area contributed by atoms with Gasteiger partial charge in [0.1, 0.15) is 12.4 Å². The van der Waals surface area contributed by atoms with Crippen molar-refractivity contribution >= 4 is 39.2 Å². The fraction of sp³-hybridized carbons (Fsp3) is 0.0690. The third-order valence-corrected chi connectivity index (χ3v) is 6.58. The second kappa shape index (κ2) is 9.87. The van der Waals surface area contributed by atoms with Gasteiger partial charge in [-0.2, -0.15) is 0 Å². The molecular formula is C29H20BrFN2O3. The number of anilines is 1. The van der Waals surface area contributed by atoms with E-state index in [9.17, 15) is 18.8 Å². The predicted octanol–water partition coefficient (Wildman–Crippen LogP) is 6.00. The lowest BCUT2D eigenvalue weighted by atomic mass is 9.95. The summed E-state index contributed by atoms with van der Waals surface area (Å²) in [6.45, 7) is -0.197. The molecule has 4 aromatic carbocycles. The normalized spacial score (nSPS) is 15.0. The van der Waals surface area contributed by atoms with Gasteiger partial charge in [-0.05, 0) is 48.0 Å². The molecule has 0 fully saturated rings. The van der Waals surface area contributed by atoms with Gasteiger partial charge in [-0.25, -0.2) is 4.39 Å². The number of hydrogen-bond donors (Lipinski definition) is 1. The van der Waals surface area contributed by atoms with Gasteiger partial charge in [-0.1, -0.05) is 70.5 Å². The average Bonchev–Trinajstić information content (AvgIpc) is 3.04. The zero-order chi connectivity index (χ0) is 25.2. The van der Waals surface area contributed by atoms with Crippen LogP contribution in [-0.4, -0.2) is 29.0 Å². The van der Waals surface area contributed by atoms with E-state index >= 15 is 0 Å². The highest BCUT2D eigenvalue weighted by molar-refractivity contribution is 9.10. The Hall–Kier alpha value is -4.10. The van der Waals surface area contributed by atoms with Gasteiger partial charge in [0, 0.05) is 32.4 Å². The highest BCUT2D eigenvalue weighted by atomic mass is 79.9. The van der Waals surface area contributed by atoms with Gasteiger partial charge < -0.3 is 10.2 Å². The smallest absolute Gasteiger partial charge is 0.255 e. The Morgan fingerprint density at radius 1 is 0.833 bits per heavy atom. The lowest BCUT2D eigenvalue weighted by Gasteiger charge is -2.31. The first-order valence-corrected chi connectivity index (χ1v) is 12.1. The number of nitrogens with one attached hydrogen (secondary N) is 1. The second-order valence-electron chi connectivity index (χ2n) is 8.44. The van der Waals surface area contributed by atoms with E-state index in [1.165, 1.54) is 17.0 Å². The maximum absolute atomic E-state index is 13.8. The van der Waals surface area contributed by atoms with E-state index in [2.05, 4.69) is 21.2 Å². The molecule has 36 heavy (non-hydrogen) atoms. The van der Waals surface area contributed by atoms with Crippen molar-refractivity contribution in [1.82, 2.24) is 4.90 Å². The van der Waals surface area contributed by atoms with Crippen LogP contribution in [0, 0.1) is 5.82 Å².